The monoisotopic (exact) mass is 223 g/mol. The molecule has 4 saturated carbocycles. The lowest BCUT2D eigenvalue weighted by atomic mass is 9.54. The topological polar surface area (TPSA) is 32.3 Å². The minimum Gasteiger partial charge on any atom is -0.395 e. The average molecular weight is 223 g/mol. The van der Waals surface area contributed by atoms with Crippen LogP contribution in [0.4, 0.5) is 0 Å². The van der Waals surface area contributed by atoms with Crippen LogP contribution in [0.2, 0.25) is 0 Å². The number of hydrogen-bond donors (Lipinski definition) is 2. The highest BCUT2D eigenvalue weighted by atomic mass is 16.3. The van der Waals surface area contributed by atoms with E-state index in [-0.39, 0.29) is 0 Å². The molecule has 0 aliphatic heterocycles. The first-order valence-electron chi connectivity index (χ1n) is 7.17. The van der Waals surface area contributed by atoms with Gasteiger partial charge in [-0.25, -0.2) is 0 Å². The molecule has 2 nitrogen and oxygen atoms in total. The van der Waals surface area contributed by atoms with Crippen molar-refractivity contribution in [1.29, 1.82) is 0 Å². The number of nitrogens with one attached hydrogen (secondary N) is 1. The lowest BCUT2D eigenvalue weighted by Crippen LogP contribution is -2.57. The Morgan fingerprint density at radius 2 is 1.62 bits per heavy atom. The van der Waals surface area contributed by atoms with Crippen molar-refractivity contribution < 1.29 is 5.11 Å². The third-order valence-electron chi connectivity index (χ3n) is 5.37. The number of hydrogen-bond acceptors (Lipinski definition) is 2. The Kier molecular flexibility index (Phi) is 2.97. The van der Waals surface area contributed by atoms with Gasteiger partial charge in [0.2, 0.25) is 0 Å². The van der Waals surface area contributed by atoms with Crippen molar-refractivity contribution in [3.05, 3.63) is 0 Å². The zero-order chi connectivity index (χ0) is 11.1. The van der Waals surface area contributed by atoms with E-state index in [1.54, 1.807) is 0 Å². The summed E-state index contributed by atoms with van der Waals surface area (Å²) in [5.74, 6) is 3.96. The molecule has 16 heavy (non-hydrogen) atoms. The first-order valence-corrected chi connectivity index (χ1v) is 7.17. The minimum absolute atomic E-state index is 0.305. The Balaban J connectivity index is 1.67. The van der Waals surface area contributed by atoms with Gasteiger partial charge < -0.3 is 10.4 Å². The molecule has 0 spiro atoms. The Bertz CT molecular complexity index is 221. The van der Waals surface area contributed by atoms with Crippen molar-refractivity contribution in [3.8, 4) is 0 Å². The zero-order valence-corrected chi connectivity index (χ0v) is 10.4. The van der Waals surface area contributed by atoms with Crippen LogP contribution in [-0.4, -0.2) is 23.8 Å². The molecular formula is C14H25NO. The second-order valence-corrected chi connectivity index (χ2v) is 6.41. The summed E-state index contributed by atoms with van der Waals surface area (Å²) in [7, 11) is 0. The summed E-state index contributed by atoms with van der Waals surface area (Å²) in [6.45, 7) is 2.48. The van der Waals surface area contributed by atoms with Crippen LogP contribution in [0, 0.1) is 23.7 Å². The second kappa shape index (κ2) is 4.30. The molecule has 0 aromatic heterocycles. The van der Waals surface area contributed by atoms with E-state index >= 15 is 0 Å². The maximum Gasteiger partial charge on any atom is 0.0584 e. The van der Waals surface area contributed by atoms with Gasteiger partial charge in [0, 0.05) is 12.1 Å². The van der Waals surface area contributed by atoms with Crippen molar-refractivity contribution >= 4 is 0 Å². The van der Waals surface area contributed by atoms with Crippen LogP contribution < -0.4 is 5.32 Å². The summed E-state index contributed by atoms with van der Waals surface area (Å²) >= 11 is 0. The van der Waals surface area contributed by atoms with Crippen LogP contribution in [0.1, 0.15) is 45.4 Å². The smallest absolute Gasteiger partial charge is 0.0584 e. The summed E-state index contributed by atoms with van der Waals surface area (Å²) in [5, 5.41) is 13.1. The van der Waals surface area contributed by atoms with E-state index in [1.807, 2.05) is 0 Å². The Labute approximate surface area is 98.8 Å². The molecule has 0 aromatic rings. The van der Waals surface area contributed by atoms with Gasteiger partial charge in [-0.15, -0.1) is 0 Å². The fourth-order valence-corrected chi connectivity index (χ4v) is 4.77. The summed E-state index contributed by atoms with van der Waals surface area (Å²) in [5.41, 5.74) is 0. The molecule has 4 bridgehead atoms. The molecular weight excluding hydrogens is 198 g/mol. The van der Waals surface area contributed by atoms with Crippen LogP contribution in [0.5, 0.6) is 0 Å². The maximum atomic E-state index is 9.32. The van der Waals surface area contributed by atoms with Gasteiger partial charge in [-0.1, -0.05) is 6.92 Å². The van der Waals surface area contributed by atoms with Crippen molar-refractivity contribution in [2.45, 2.75) is 57.5 Å². The van der Waals surface area contributed by atoms with E-state index in [0.29, 0.717) is 12.6 Å². The first-order chi connectivity index (χ1) is 7.80. The molecule has 0 amide bonds. The van der Waals surface area contributed by atoms with Gasteiger partial charge in [-0.2, -0.15) is 0 Å². The highest BCUT2D eigenvalue weighted by molar-refractivity contribution is 5.01. The third kappa shape index (κ3) is 1.80. The highest BCUT2D eigenvalue weighted by Crippen LogP contribution is 2.53. The van der Waals surface area contributed by atoms with E-state index in [4.69, 9.17) is 0 Å². The van der Waals surface area contributed by atoms with Crippen LogP contribution >= 0.6 is 0 Å². The SMILES string of the molecule is CC[C@H](CO)NC1C2CC3CC(C2)CC1C3. The van der Waals surface area contributed by atoms with E-state index in [2.05, 4.69) is 12.2 Å². The predicted octanol–water partition coefficient (Wildman–Crippen LogP) is 2.17. The minimum atomic E-state index is 0.305. The van der Waals surface area contributed by atoms with Crippen molar-refractivity contribution in [2.75, 3.05) is 6.61 Å². The fraction of sp³-hybridized carbons (Fsp3) is 1.00. The summed E-state index contributed by atoms with van der Waals surface area (Å²) in [6.07, 6.45) is 8.44. The molecule has 4 rings (SSSR count). The van der Waals surface area contributed by atoms with Gasteiger partial charge in [0.15, 0.2) is 0 Å². The molecule has 4 aliphatic rings. The first kappa shape index (κ1) is 11.0. The zero-order valence-electron chi connectivity index (χ0n) is 10.4. The molecule has 0 aromatic carbocycles. The van der Waals surface area contributed by atoms with Crippen LogP contribution in [0.3, 0.4) is 0 Å². The van der Waals surface area contributed by atoms with Gasteiger partial charge in [0.1, 0.15) is 0 Å². The molecule has 0 heterocycles. The molecule has 0 radical (unpaired) electrons. The summed E-state index contributed by atoms with van der Waals surface area (Å²) in [6, 6.07) is 1.06. The lowest BCUT2D eigenvalue weighted by molar-refractivity contribution is -0.0202. The second-order valence-electron chi connectivity index (χ2n) is 6.41. The Morgan fingerprint density at radius 3 is 2.06 bits per heavy atom. The van der Waals surface area contributed by atoms with Crippen LogP contribution in [0.25, 0.3) is 0 Å². The van der Waals surface area contributed by atoms with E-state index < -0.39 is 0 Å². The van der Waals surface area contributed by atoms with Crippen molar-refractivity contribution in [1.82, 2.24) is 5.32 Å². The van der Waals surface area contributed by atoms with E-state index in [1.165, 1.54) is 32.1 Å². The fourth-order valence-electron chi connectivity index (χ4n) is 4.77. The van der Waals surface area contributed by atoms with Gasteiger partial charge in [0.05, 0.1) is 6.61 Å². The van der Waals surface area contributed by atoms with E-state index in [9.17, 15) is 5.11 Å². The average Bonchev–Trinajstić information content (AvgIpc) is 2.28. The number of rotatable bonds is 4. The van der Waals surface area contributed by atoms with Gasteiger partial charge in [0.25, 0.3) is 0 Å². The third-order valence-corrected chi connectivity index (χ3v) is 5.37. The van der Waals surface area contributed by atoms with E-state index in [0.717, 1.165) is 36.1 Å². The summed E-state index contributed by atoms with van der Waals surface area (Å²) < 4.78 is 0. The molecule has 0 unspecified atom stereocenters. The van der Waals surface area contributed by atoms with Crippen LogP contribution in [0.15, 0.2) is 0 Å². The largest absolute Gasteiger partial charge is 0.395 e. The lowest BCUT2D eigenvalue weighted by Gasteiger charge is -2.55. The molecule has 4 fully saturated rings. The Hall–Kier alpha value is -0.0800. The van der Waals surface area contributed by atoms with Gasteiger partial charge in [-0.3, -0.25) is 0 Å². The Morgan fingerprint density at radius 1 is 1.06 bits per heavy atom. The number of aliphatic hydroxyl groups excluding tert-OH is 1. The molecule has 92 valence electrons. The molecule has 1 atom stereocenters. The van der Waals surface area contributed by atoms with Crippen molar-refractivity contribution in [2.24, 2.45) is 23.7 Å². The maximum absolute atomic E-state index is 9.32. The van der Waals surface area contributed by atoms with Crippen LogP contribution in [-0.2, 0) is 0 Å². The molecule has 2 N–H and O–H groups in total. The normalized spacial score (nSPS) is 47.2. The van der Waals surface area contributed by atoms with Gasteiger partial charge >= 0.3 is 0 Å². The molecule has 4 aliphatic carbocycles. The van der Waals surface area contributed by atoms with Gasteiger partial charge in [-0.05, 0) is 62.2 Å². The quantitative estimate of drug-likeness (QED) is 0.765. The molecule has 2 heteroatoms. The summed E-state index contributed by atoms with van der Waals surface area (Å²) in [4.78, 5) is 0. The van der Waals surface area contributed by atoms with Crippen molar-refractivity contribution in [3.63, 3.8) is 0 Å². The highest BCUT2D eigenvalue weighted by Gasteiger charge is 2.48. The predicted molar refractivity (Wildman–Crippen MR) is 65.1 cm³/mol. The standard InChI is InChI=1S/C14H25NO/c1-2-13(8-16)15-14-11-4-9-3-10(6-11)7-12(14)5-9/h9-16H,2-8H2,1H3/t9?,10?,11?,12?,13-,14?/m1/s1. The molecule has 0 saturated heterocycles. The number of aliphatic hydroxyl groups is 1.